The van der Waals surface area contributed by atoms with Crippen molar-refractivity contribution < 1.29 is 63.2 Å². The third-order valence-corrected chi connectivity index (χ3v) is 8.37. The van der Waals surface area contributed by atoms with Crippen LogP contribution in [-0.2, 0) is 23.8 Å². The zero-order valence-corrected chi connectivity index (χ0v) is 28.7. The highest BCUT2D eigenvalue weighted by atomic mass is 16.7. The molecular formula is C40H34O14. The Bertz CT molecular complexity index is 2260. The van der Waals surface area contributed by atoms with Crippen molar-refractivity contribution >= 4 is 35.1 Å². The first-order valence-corrected chi connectivity index (χ1v) is 16.4. The number of ether oxygens (including phenoxy) is 5. The number of fused-ring (bicyclic) bond motifs is 1. The number of phenolic OH excluding ortho intramolecular Hbond substituents is 4. The number of aliphatic hydroxyl groups is 1. The van der Waals surface area contributed by atoms with Crippen LogP contribution in [0.4, 0.5) is 0 Å². The fraction of sp³-hybridized carbons (Fsp3) is 0.175. The molecule has 5 aromatic rings. The van der Waals surface area contributed by atoms with Crippen LogP contribution in [0.2, 0.25) is 0 Å². The van der Waals surface area contributed by atoms with Gasteiger partial charge in [0.25, 0.3) is 0 Å². The molecule has 0 bridgehead atoms. The largest absolute Gasteiger partial charge is 0.508 e. The lowest BCUT2D eigenvalue weighted by atomic mass is 9.99. The average Bonchev–Trinajstić information content (AvgIpc) is 3.15. The maximum atomic E-state index is 14.0. The number of methoxy groups -OCH3 is 1. The number of hydrogen-bond acceptors (Lipinski definition) is 14. The van der Waals surface area contributed by atoms with E-state index in [1.54, 1.807) is 48.5 Å². The normalized spacial score (nSPS) is 19.9. The Labute approximate surface area is 306 Å². The van der Waals surface area contributed by atoms with Crippen LogP contribution in [-0.4, -0.2) is 75.3 Å². The van der Waals surface area contributed by atoms with Gasteiger partial charge in [-0.05, 0) is 78.7 Å². The molecule has 5 atom stereocenters. The molecule has 278 valence electrons. The maximum absolute atomic E-state index is 14.0. The summed E-state index contributed by atoms with van der Waals surface area (Å²) in [7, 11) is 1.47. The molecule has 1 aliphatic heterocycles. The minimum absolute atomic E-state index is 0.0158. The number of carbonyl (C=O) groups is 2. The summed E-state index contributed by atoms with van der Waals surface area (Å²) in [6.45, 7) is 1.46. The minimum atomic E-state index is -1.78. The second kappa shape index (κ2) is 15.9. The number of rotatable bonds is 10. The lowest BCUT2D eigenvalue weighted by Crippen LogP contribution is -2.61. The molecule has 14 heteroatoms. The van der Waals surface area contributed by atoms with Crippen LogP contribution >= 0.6 is 0 Å². The molecule has 0 unspecified atom stereocenters. The molecule has 6 rings (SSSR count). The third-order valence-electron chi connectivity index (χ3n) is 8.37. The van der Waals surface area contributed by atoms with Crippen LogP contribution in [0.3, 0.4) is 0 Å². The Morgan fingerprint density at radius 1 is 0.741 bits per heavy atom. The van der Waals surface area contributed by atoms with E-state index < -0.39 is 59.6 Å². The summed E-state index contributed by atoms with van der Waals surface area (Å²) in [4.78, 5) is 40.1. The zero-order chi connectivity index (χ0) is 38.5. The summed E-state index contributed by atoms with van der Waals surface area (Å²) in [6.07, 6.45) is -2.80. The van der Waals surface area contributed by atoms with Gasteiger partial charge in [-0.3, -0.25) is 4.79 Å². The number of phenols is 4. The molecule has 0 radical (unpaired) electrons. The summed E-state index contributed by atoms with van der Waals surface area (Å²) >= 11 is 0. The van der Waals surface area contributed by atoms with Crippen molar-refractivity contribution in [2.45, 2.75) is 37.6 Å². The number of hydrogen-bond donors (Lipinski definition) is 5. The Hall–Kier alpha value is -6.77. The lowest BCUT2D eigenvalue weighted by Gasteiger charge is -2.41. The predicted molar refractivity (Wildman–Crippen MR) is 193 cm³/mol. The van der Waals surface area contributed by atoms with Crippen molar-refractivity contribution in [1.29, 1.82) is 0 Å². The van der Waals surface area contributed by atoms with E-state index in [1.807, 2.05) is 0 Å². The van der Waals surface area contributed by atoms with E-state index in [1.165, 1.54) is 50.5 Å². The third kappa shape index (κ3) is 8.30. The van der Waals surface area contributed by atoms with Crippen LogP contribution in [0.5, 0.6) is 34.5 Å². The topological polar surface area (TPSA) is 212 Å². The first-order chi connectivity index (χ1) is 25.9. The van der Waals surface area contributed by atoms with E-state index in [0.29, 0.717) is 22.4 Å². The summed E-state index contributed by atoms with van der Waals surface area (Å²) in [5.41, 5.74) is 0.332. The minimum Gasteiger partial charge on any atom is -0.508 e. The summed E-state index contributed by atoms with van der Waals surface area (Å²) in [6, 6.07) is 20.3. The van der Waals surface area contributed by atoms with E-state index >= 15 is 0 Å². The van der Waals surface area contributed by atoms with Gasteiger partial charge in [0.2, 0.25) is 17.5 Å². The lowest BCUT2D eigenvalue weighted by molar-refractivity contribution is -0.275. The SMILES string of the molecule is COc1ccc(-c2oc3cc(O)cc(O)c3c(=O)c2O[C@@H]2O[C@@H](C)[C@H](OC(=O)/C=C\c3ccc(O)cc3)[C@@H](O)[C@H]2OC(=O)/C=C/c2ccc(O)cc2)cc1. The van der Waals surface area contributed by atoms with Crippen molar-refractivity contribution in [2.24, 2.45) is 0 Å². The molecular weight excluding hydrogens is 704 g/mol. The monoisotopic (exact) mass is 738 g/mol. The molecule has 0 amide bonds. The highest BCUT2D eigenvalue weighted by Gasteiger charge is 2.49. The average molecular weight is 739 g/mol. The number of benzene rings is 4. The van der Waals surface area contributed by atoms with Gasteiger partial charge in [-0.25, -0.2) is 9.59 Å². The highest BCUT2D eigenvalue weighted by Crippen LogP contribution is 2.38. The zero-order valence-electron chi connectivity index (χ0n) is 28.7. The summed E-state index contributed by atoms with van der Waals surface area (Å²) in [5, 5.41) is 51.2. The van der Waals surface area contributed by atoms with Gasteiger partial charge in [0.1, 0.15) is 45.8 Å². The van der Waals surface area contributed by atoms with Crippen LogP contribution in [0, 0.1) is 0 Å². The quantitative estimate of drug-likeness (QED) is 0.0941. The predicted octanol–water partition coefficient (Wildman–Crippen LogP) is 5.03. The second-order valence-electron chi connectivity index (χ2n) is 12.1. The molecule has 2 heterocycles. The molecule has 1 aliphatic rings. The fourth-order valence-electron chi connectivity index (χ4n) is 5.65. The number of esters is 2. The van der Waals surface area contributed by atoms with Gasteiger partial charge in [-0.1, -0.05) is 24.3 Å². The van der Waals surface area contributed by atoms with Crippen LogP contribution in [0.1, 0.15) is 18.1 Å². The van der Waals surface area contributed by atoms with E-state index in [-0.39, 0.29) is 34.0 Å². The van der Waals surface area contributed by atoms with Crippen molar-refractivity contribution in [3.63, 3.8) is 0 Å². The molecule has 1 aromatic heterocycles. The first-order valence-electron chi connectivity index (χ1n) is 16.4. The van der Waals surface area contributed by atoms with Gasteiger partial charge < -0.3 is 53.6 Å². The van der Waals surface area contributed by atoms with E-state index in [2.05, 4.69) is 0 Å². The van der Waals surface area contributed by atoms with Crippen molar-refractivity contribution in [3.8, 4) is 45.8 Å². The fourth-order valence-corrected chi connectivity index (χ4v) is 5.65. The summed E-state index contributed by atoms with van der Waals surface area (Å²) in [5.74, 6) is -2.99. The number of aliphatic hydroxyl groups excluding tert-OH is 1. The van der Waals surface area contributed by atoms with Gasteiger partial charge in [-0.15, -0.1) is 0 Å². The van der Waals surface area contributed by atoms with E-state index in [9.17, 15) is 39.9 Å². The number of aromatic hydroxyl groups is 4. The highest BCUT2D eigenvalue weighted by molar-refractivity contribution is 5.89. The molecule has 0 saturated carbocycles. The maximum Gasteiger partial charge on any atom is 0.331 e. The van der Waals surface area contributed by atoms with Gasteiger partial charge in [0.15, 0.2) is 18.0 Å². The molecule has 54 heavy (non-hydrogen) atoms. The molecule has 0 spiro atoms. The van der Waals surface area contributed by atoms with Gasteiger partial charge in [0.05, 0.1) is 13.2 Å². The summed E-state index contributed by atoms with van der Waals surface area (Å²) < 4.78 is 34.6. The van der Waals surface area contributed by atoms with Crippen molar-refractivity contribution in [3.05, 3.63) is 118 Å². The van der Waals surface area contributed by atoms with Crippen LogP contribution in [0.15, 0.2) is 106 Å². The Morgan fingerprint density at radius 2 is 1.30 bits per heavy atom. The molecule has 1 saturated heterocycles. The van der Waals surface area contributed by atoms with E-state index in [4.69, 9.17) is 28.1 Å². The van der Waals surface area contributed by atoms with Crippen LogP contribution < -0.4 is 14.9 Å². The van der Waals surface area contributed by atoms with Crippen molar-refractivity contribution in [2.75, 3.05) is 7.11 Å². The van der Waals surface area contributed by atoms with Gasteiger partial charge in [-0.2, -0.15) is 0 Å². The first kappa shape index (κ1) is 37.0. The molecule has 5 N–H and O–H groups in total. The number of carbonyl (C=O) groups excluding carboxylic acids is 2. The molecule has 1 fully saturated rings. The smallest absolute Gasteiger partial charge is 0.331 e. The van der Waals surface area contributed by atoms with Crippen LogP contribution in [0.25, 0.3) is 34.4 Å². The standard InChI is InChI=1S/C40H34O14/c1-21-36(52-31(45)17-7-22-3-11-25(41)12-4-22)35(48)39(53-32(46)18-8-23-5-13-26(42)14-6-23)40(50-21)54-38-34(47)33-29(44)19-27(43)20-30(33)51-37(38)24-9-15-28(49-2)16-10-24/h3-21,35-36,39-44,48H,1-2H3/b17-7-,18-8+/t21-,35+,36-,39+,40-/m0/s1. The van der Waals surface area contributed by atoms with Crippen molar-refractivity contribution in [1.82, 2.24) is 0 Å². The molecule has 14 nitrogen and oxygen atoms in total. The Morgan fingerprint density at radius 3 is 1.85 bits per heavy atom. The Balaban J connectivity index is 1.36. The molecule has 4 aromatic carbocycles. The molecule has 0 aliphatic carbocycles. The van der Waals surface area contributed by atoms with Gasteiger partial charge in [0, 0.05) is 29.8 Å². The van der Waals surface area contributed by atoms with Gasteiger partial charge >= 0.3 is 11.9 Å². The second-order valence-corrected chi connectivity index (χ2v) is 12.1. The van der Waals surface area contributed by atoms with E-state index in [0.717, 1.165) is 24.3 Å². The Kier molecular flexibility index (Phi) is 10.9.